The van der Waals surface area contributed by atoms with Gasteiger partial charge in [-0.05, 0) is 47.6 Å². The number of aryl methyl sites for hydroxylation is 4. The van der Waals surface area contributed by atoms with Gasteiger partial charge in [0.1, 0.15) is 0 Å². The molecule has 0 fully saturated rings. The molecule has 1 N–H and O–H groups in total. The summed E-state index contributed by atoms with van der Waals surface area (Å²) >= 11 is 0. The Bertz CT molecular complexity index is 1290. The maximum atomic E-state index is 12.6. The number of imidazole rings is 1. The number of nitrogens with zero attached hydrogens (tertiary/aromatic N) is 2. The van der Waals surface area contributed by atoms with E-state index in [1.54, 1.807) is 16.2 Å². The van der Waals surface area contributed by atoms with Gasteiger partial charge in [-0.15, -0.1) is 0 Å². The zero-order valence-corrected chi connectivity index (χ0v) is 15.7. The lowest BCUT2D eigenvalue weighted by Gasteiger charge is -2.11. The van der Waals surface area contributed by atoms with Crippen LogP contribution in [0.5, 0.6) is 0 Å². The van der Waals surface area contributed by atoms with Gasteiger partial charge in [0, 0.05) is 31.1 Å². The number of carbonyl (C=O) groups is 1. The molecule has 1 aliphatic rings. The van der Waals surface area contributed by atoms with Crippen LogP contribution in [0.25, 0.3) is 21.8 Å². The van der Waals surface area contributed by atoms with Crippen LogP contribution in [0.4, 0.5) is 5.69 Å². The molecule has 3 aromatic carbocycles. The van der Waals surface area contributed by atoms with E-state index in [4.69, 9.17) is 0 Å². The number of carbonyl (C=O) groups excluding carboxylic acids is 1. The number of rotatable bonds is 4. The van der Waals surface area contributed by atoms with Gasteiger partial charge in [-0.25, -0.2) is 4.79 Å². The Hall–Kier alpha value is -3.34. The molecule has 0 atom stereocenters. The predicted octanol–water partition coefficient (Wildman–Crippen LogP) is 3.62. The Kier molecular flexibility index (Phi) is 3.83. The molecule has 1 heterocycles. The van der Waals surface area contributed by atoms with Crippen LogP contribution >= 0.6 is 0 Å². The average molecular weight is 371 g/mol. The van der Waals surface area contributed by atoms with Crippen molar-refractivity contribution in [3.05, 3.63) is 76.2 Å². The van der Waals surface area contributed by atoms with Gasteiger partial charge in [-0.1, -0.05) is 36.4 Å². The van der Waals surface area contributed by atoms with Crippen LogP contribution in [-0.2, 0) is 31.2 Å². The van der Waals surface area contributed by atoms with Crippen molar-refractivity contribution in [2.75, 3.05) is 5.32 Å². The number of hydrogen-bond donors (Lipinski definition) is 1. The molecule has 5 heteroatoms. The number of anilines is 1. The van der Waals surface area contributed by atoms with Gasteiger partial charge in [-0.2, -0.15) is 0 Å². The normalized spacial score (nSPS) is 12.8. The van der Waals surface area contributed by atoms with E-state index in [-0.39, 0.29) is 18.0 Å². The van der Waals surface area contributed by atoms with Crippen molar-refractivity contribution in [1.29, 1.82) is 0 Å². The summed E-state index contributed by atoms with van der Waals surface area (Å²) in [5, 5.41) is 5.43. The van der Waals surface area contributed by atoms with E-state index in [2.05, 4.69) is 29.6 Å². The van der Waals surface area contributed by atoms with E-state index in [0.29, 0.717) is 6.54 Å². The number of amides is 1. The predicted molar refractivity (Wildman–Crippen MR) is 112 cm³/mol. The molecule has 0 spiro atoms. The fraction of sp³-hybridized carbons (Fsp3) is 0.217. The molecule has 0 aliphatic heterocycles. The molecule has 0 unspecified atom stereocenters. The van der Waals surface area contributed by atoms with Crippen LogP contribution in [0.3, 0.4) is 0 Å². The molecule has 1 amide bonds. The van der Waals surface area contributed by atoms with Gasteiger partial charge in [-0.3, -0.25) is 13.9 Å². The zero-order valence-electron chi connectivity index (χ0n) is 15.7. The van der Waals surface area contributed by atoms with Gasteiger partial charge in [0.15, 0.2) is 0 Å². The molecule has 5 nitrogen and oxygen atoms in total. The van der Waals surface area contributed by atoms with Gasteiger partial charge in [0.25, 0.3) is 0 Å². The molecule has 0 bridgehead atoms. The molecule has 0 radical (unpaired) electrons. The minimum absolute atomic E-state index is 0.0847. The third-order valence-electron chi connectivity index (χ3n) is 5.77. The number of aromatic nitrogens is 2. The number of fused-ring (bicyclic) bond motifs is 1. The summed E-state index contributed by atoms with van der Waals surface area (Å²) in [4.78, 5) is 25.1. The molecule has 0 saturated heterocycles. The smallest absolute Gasteiger partial charge is 0.325 e. The lowest BCUT2D eigenvalue weighted by molar-refractivity contribution is -0.116. The minimum Gasteiger partial charge on any atom is -0.325 e. The summed E-state index contributed by atoms with van der Waals surface area (Å²) in [6, 6.07) is 18.0. The van der Waals surface area contributed by atoms with Crippen LogP contribution in [0, 0.1) is 0 Å². The van der Waals surface area contributed by atoms with E-state index in [9.17, 15) is 9.59 Å². The SMILES string of the molecule is Cn1c(=O)n(CCC(=O)Nc2ccc3c4c(cccc24)CC3)c2ccccc21. The number of benzene rings is 3. The Balaban J connectivity index is 1.39. The Morgan fingerprint density at radius 2 is 1.71 bits per heavy atom. The second kappa shape index (κ2) is 6.37. The first-order valence-corrected chi connectivity index (χ1v) is 9.61. The first-order chi connectivity index (χ1) is 13.6. The summed E-state index contributed by atoms with van der Waals surface area (Å²) in [5.74, 6) is -0.0847. The van der Waals surface area contributed by atoms with Crippen molar-refractivity contribution in [3.63, 3.8) is 0 Å². The molecule has 28 heavy (non-hydrogen) atoms. The summed E-state index contributed by atoms with van der Waals surface area (Å²) in [7, 11) is 1.76. The first-order valence-electron chi connectivity index (χ1n) is 9.61. The molecular formula is C23H21N3O2. The van der Waals surface area contributed by atoms with Gasteiger partial charge < -0.3 is 5.32 Å². The van der Waals surface area contributed by atoms with Crippen LogP contribution in [0.1, 0.15) is 17.5 Å². The Morgan fingerprint density at radius 1 is 0.964 bits per heavy atom. The zero-order chi connectivity index (χ0) is 19.3. The van der Waals surface area contributed by atoms with Gasteiger partial charge >= 0.3 is 5.69 Å². The summed E-state index contributed by atoms with van der Waals surface area (Å²) in [5.41, 5.74) is 5.18. The van der Waals surface area contributed by atoms with Gasteiger partial charge in [0.2, 0.25) is 5.91 Å². The van der Waals surface area contributed by atoms with Crippen molar-refractivity contribution in [2.45, 2.75) is 25.8 Å². The lowest BCUT2D eigenvalue weighted by atomic mass is 10.0. The van der Waals surface area contributed by atoms with Crippen molar-refractivity contribution in [1.82, 2.24) is 9.13 Å². The molecule has 4 aromatic rings. The highest BCUT2D eigenvalue weighted by Crippen LogP contribution is 2.35. The van der Waals surface area contributed by atoms with Crippen molar-refractivity contribution in [3.8, 4) is 0 Å². The highest BCUT2D eigenvalue weighted by Gasteiger charge is 2.17. The standard InChI is InChI=1S/C23H21N3O2/c1-25-19-7-2-3-8-20(19)26(23(25)28)14-13-21(27)24-18-12-11-16-10-9-15-5-4-6-17(18)22(15)16/h2-8,11-12H,9-10,13-14H2,1H3,(H,24,27). The summed E-state index contributed by atoms with van der Waals surface area (Å²) < 4.78 is 3.29. The number of hydrogen-bond acceptors (Lipinski definition) is 2. The minimum atomic E-state index is -0.0978. The van der Waals surface area contributed by atoms with E-state index >= 15 is 0 Å². The van der Waals surface area contributed by atoms with Crippen LogP contribution in [-0.4, -0.2) is 15.0 Å². The maximum absolute atomic E-state index is 12.6. The van der Waals surface area contributed by atoms with Crippen molar-refractivity contribution in [2.24, 2.45) is 7.05 Å². The van der Waals surface area contributed by atoms with Crippen molar-refractivity contribution >= 4 is 33.4 Å². The molecule has 0 saturated carbocycles. The Morgan fingerprint density at radius 3 is 2.54 bits per heavy atom. The second-order valence-corrected chi connectivity index (χ2v) is 7.39. The molecular weight excluding hydrogens is 350 g/mol. The van der Waals surface area contributed by atoms with E-state index in [0.717, 1.165) is 34.9 Å². The van der Waals surface area contributed by atoms with Crippen LogP contribution in [0.15, 0.2) is 59.4 Å². The number of nitrogens with one attached hydrogen (secondary N) is 1. The maximum Gasteiger partial charge on any atom is 0.328 e. The highest BCUT2D eigenvalue weighted by atomic mass is 16.2. The van der Waals surface area contributed by atoms with Crippen LogP contribution < -0.4 is 11.0 Å². The molecule has 5 rings (SSSR count). The first kappa shape index (κ1) is 16.8. The Labute approximate surface area is 162 Å². The fourth-order valence-corrected chi connectivity index (χ4v) is 4.36. The third-order valence-corrected chi connectivity index (χ3v) is 5.77. The molecule has 1 aliphatic carbocycles. The van der Waals surface area contributed by atoms with Crippen LogP contribution in [0.2, 0.25) is 0 Å². The average Bonchev–Trinajstić information content (AvgIpc) is 3.24. The van der Waals surface area contributed by atoms with E-state index in [1.165, 1.54) is 16.5 Å². The lowest BCUT2D eigenvalue weighted by Crippen LogP contribution is -2.24. The molecule has 140 valence electrons. The number of para-hydroxylation sites is 2. The topological polar surface area (TPSA) is 56.0 Å². The molecule has 1 aromatic heterocycles. The van der Waals surface area contributed by atoms with E-state index < -0.39 is 0 Å². The summed E-state index contributed by atoms with van der Waals surface area (Å²) in [6.45, 7) is 0.354. The highest BCUT2D eigenvalue weighted by molar-refractivity contribution is 6.05. The monoisotopic (exact) mass is 371 g/mol. The third kappa shape index (κ3) is 2.54. The quantitative estimate of drug-likeness (QED) is 0.596. The second-order valence-electron chi connectivity index (χ2n) is 7.39. The largest absolute Gasteiger partial charge is 0.328 e. The van der Waals surface area contributed by atoms with E-state index in [1.807, 2.05) is 30.3 Å². The van der Waals surface area contributed by atoms with Crippen molar-refractivity contribution < 1.29 is 4.79 Å². The van der Waals surface area contributed by atoms with Gasteiger partial charge in [0.05, 0.1) is 11.0 Å². The fourth-order valence-electron chi connectivity index (χ4n) is 4.36. The summed E-state index contributed by atoms with van der Waals surface area (Å²) in [6.07, 6.45) is 2.37.